The third kappa shape index (κ3) is 2.28. The van der Waals surface area contributed by atoms with Crippen molar-refractivity contribution in [2.45, 2.75) is 32.2 Å². The summed E-state index contributed by atoms with van der Waals surface area (Å²) in [6.45, 7) is 6.56. The molecular formula is C15H19NS. The molecule has 0 spiro atoms. The average molecular weight is 245 g/mol. The lowest BCUT2D eigenvalue weighted by atomic mass is 9.75. The zero-order valence-corrected chi connectivity index (χ0v) is 11.4. The molecular weight excluding hydrogens is 226 g/mol. The fourth-order valence-corrected chi connectivity index (χ4v) is 2.90. The maximum atomic E-state index is 6.46. The lowest BCUT2D eigenvalue weighted by Crippen LogP contribution is -2.33. The minimum atomic E-state index is -0.0485. The monoisotopic (exact) mass is 245 g/mol. The van der Waals surface area contributed by atoms with E-state index in [1.54, 1.807) is 11.3 Å². The first-order valence-corrected chi connectivity index (χ1v) is 6.76. The summed E-state index contributed by atoms with van der Waals surface area (Å²) in [5, 5.41) is 2.12. The van der Waals surface area contributed by atoms with Crippen LogP contribution in [-0.4, -0.2) is 0 Å². The molecule has 0 saturated carbocycles. The summed E-state index contributed by atoms with van der Waals surface area (Å²) in [4.78, 5) is 1.32. The molecule has 2 N–H and O–H groups in total. The van der Waals surface area contributed by atoms with Crippen molar-refractivity contribution < 1.29 is 0 Å². The third-order valence-electron chi connectivity index (χ3n) is 3.53. The number of aryl methyl sites for hydroxylation is 1. The summed E-state index contributed by atoms with van der Waals surface area (Å²) in [6.07, 6.45) is 0. The largest absolute Gasteiger partial charge is 0.323 e. The molecule has 2 heteroatoms. The van der Waals surface area contributed by atoms with Crippen LogP contribution in [-0.2, 0) is 5.41 Å². The SMILES string of the molecule is Cc1sccc1C(N)C(C)(C)c1ccccc1. The highest BCUT2D eigenvalue weighted by atomic mass is 32.1. The Morgan fingerprint density at radius 3 is 2.29 bits per heavy atom. The molecule has 0 aliphatic carbocycles. The van der Waals surface area contributed by atoms with E-state index >= 15 is 0 Å². The van der Waals surface area contributed by atoms with Crippen molar-refractivity contribution in [3.63, 3.8) is 0 Å². The molecule has 0 saturated heterocycles. The van der Waals surface area contributed by atoms with Gasteiger partial charge in [0.1, 0.15) is 0 Å². The third-order valence-corrected chi connectivity index (χ3v) is 4.39. The van der Waals surface area contributed by atoms with Gasteiger partial charge in [0.15, 0.2) is 0 Å². The molecule has 1 aromatic carbocycles. The molecule has 0 fully saturated rings. The molecule has 0 bridgehead atoms. The van der Waals surface area contributed by atoms with Gasteiger partial charge in [-0.1, -0.05) is 44.2 Å². The molecule has 0 radical (unpaired) electrons. The van der Waals surface area contributed by atoms with Crippen LogP contribution in [0.25, 0.3) is 0 Å². The van der Waals surface area contributed by atoms with Crippen molar-refractivity contribution in [2.24, 2.45) is 5.73 Å². The lowest BCUT2D eigenvalue weighted by molar-refractivity contribution is 0.420. The average Bonchev–Trinajstić information content (AvgIpc) is 2.75. The molecule has 17 heavy (non-hydrogen) atoms. The Morgan fingerprint density at radius 1 is 1.12 bits per heavy atom. The molecule has 0 amide bonds. The van der Waals surface area contributed by atoms with Crippen LogP contribution in [0.15, 0.2) is 41.8 Å². The molecule has 0 aliphatic heterocycles. The fraction of sp³-hybridized carbons (Fsp3) is 0.333. The second-order valence-electron chi connectivity index (χ2n) is 5.00. The minimum Gasteiger partial charge on any atom is -0.323 e. The lowest BCUT2D eigenvalue weighted by Gasteiger charge is -2.32. The Hall–Kier alpha value is -1.12. The maximum Gasteiger partial charge on any atom is 0.0398 e. The molecule has 1 heterocycles. The highest BCUT2D eigenvalue weighted by Crippen LogP contribution is 2.37. The summed E-state index contributed by atoms with van der Waals surface area (Å²) in [5.74, 6) is 0. The smallest absolute Gasteiger partial charge is 0.0398 e. The summed E-state index contributed by atoms with van der Waals surface area (Å²) in [6, 6.07) is 12.7. The fourth-order valence-electron chi connectivity index (χ4n) is 2.15. The molecule has 1 unspecified atom stereocenters. The number of hydrogen-bond acceptors (Lipinski definition) is 2. The van der Waals surface area contributed by atoms with E-state index in [1.807, 2.05) is 6.07 Å². The number of rotatable bonds is 3. The highest BCUT2D eigenvalue weighted by molar-refractivity contribution is 7.10. The second-order valence-corrected chi connectivity index (χ2v) is 6.12. The van der Waals surface area contributed by atoms with Crippen molar-refractivity contribution in [2.75, 3.05) is 0 Å². The van der Waals surface area contributed by atoms with Crippen LogP contribution >= 0.6 is 11.3 Å². The van der Waals surface area contributed by atoms with E-state index in [1.165, 1.54) is 16.0 Å². The van der Waals surface area contributed by atoms with Gasteiger partial charge in [0.2, 0.25) is 0 Å². The summed E-state index contributed by atoms with van der Waals surface area (Å²) in [5.41, 5.74) is 8.97. The van der Waals surface area contributed by atoms with Gasteiger partial charge in [0.25, 0.3) is 0 Å². The molecule has 90 valence electrons. The van der Waals surface area contributed by atoms with Gasteiger partial charge in [-0.25, -0.2) is 0 Å². The van der Waals surface area contributed by atoms with Crippen molar-refractivity contribution in [3.8, 4) is 0 Å². The summed E-state index contributed by atoms with van der Waals surface area (Å²) in [7, 11) is 0. The normalized spacial score (nSPS) is 13.6. The predicted molar refractivity (Wildman–Crippen MR) is 75.5 cm³/mol. The van der Waals surface area contributed by atoms with E-state index in [2.05, 4.69) is 56.5 Å². The zero-order chi connectivity index (χ0) is 12.5. The molecule has 1 atom stereocenters. The van der Waals surface area contributed by atoms with E-state index < -0.39 is 0 Å². The van der Waals surface area contributed by atoms with Crippen molar-refractivity contribution in [1.82, 2.24) is 0 Å². The Morgan fingerprint density at radius 2 is 1.76 bits per heavy atom. The van der Waals surface area contributed by atoms with Crippen LogP contribution in [0.4, 0.5) is 0 Å². The van der Waals surface area contributed by atoms with Gasteiger partial charge >= 0.3 is 0 Å². The van der Waals surface area contributed by atoms with Crippen molar-refractivity contribution >= 4 is 11.3 Å². The van der Waals surface area contributed by atoms with Gasteiger partial charge in [-0.15, -0.1) is 11.3 Å². The Kier molecular flexibility index (Phi) is 3.36. The van der Waals surface area contributed by atoms with Gasteiger partial charge in [-0.05, 0) is 29.5 Å². The number of nitrogens with two attached hydrogens (primary N) is 1. The maximum absolute atomic E-state index is 6.46. The van der Waals surface area contributed by atoms with Crippen LogP contribution in [0, 0.1) is 6.92 Å². The summed E-state index contributed by atoms with van der Waals surface area (Å²) < 4.78 is 0. The zero-order valence-electron chi connectivity index (χ0n) is 10.6. The highest BCUT2D eigenvalue weighted by Gasteiger charge is 2.30. The van der Waals surface area contributed by atoms with Crippen LogP contribution < -0.4 is 5.73 Å². The number of benzene rings is 1. The molecule has 2 rings (SSSR count). The summed E-state index contributed by atoms with van der Waals surface area (Å²) >= 11 is 1.76. The van der Waals surface area contributed by atoms with Gasteiger partial charge in [0.05, 0.1) is 0 Å². The van der Waals surface area contributed by atoms with Crippen LogP contribution in [0.3, 0.4) is 0 Å². The van der Waals surface area contributed by atoms with E-state index in [0.29, 0.717) is 0 Å². The standard InChI is InChI=1S/C15H19NS/c1-11-13(9-10-17-11)14(16)15(2,3)12-7-5-4-6-8-12/h4-10,14H,16H2,1-3H3. The van der Waals surface area contributed by atoms with E-state index in [9.17, 15) is 0 Å². The molecule has 1 nitrogen and oxygen atoms in total. The molecule has 0 aliphatic rings. The van der Waals surface area contributed by atoms with E-state index in [-0.39, 0.29) is 11.5 Å². The van der Waals surface area contributed by atoms with Crippen molar-refractivity contribution in [3.05, 3.63) is 57.8 Å². The molecule has 1 aromatic heterocycles. The van der Waals surface area contributed by atoms with Gasteiger partial charge in [-0.3, -0.25) is 0 Å². The van der Waals surface area contributed by atoms with Gasteiger partial charge < -0.3 is 5.73 Å². The Bertz CT molecular complexity index is 485. The first kappa shape index (κ1) is 12.3. The predicted octanol–water partition coefficient (Wildman–Crippen LogP) is 4.03. The molecule has 2 aromatic rings. The number of thiophene rings is 1. The van der Waals surface area contributed by atoms with Crippen molar-refractivity contribution in [1.29, 1.82) is 0 Å². The first-order chi connectivity index (χ1) is 8.03. The minimum absolute atomic E-state index is 0.0381. The Balaban J connectivity index is 2.37. The Labute approximate surface area is 107 Å². The van der Waals surface area contributed by atoms with Crippen LogP contribution in [0.5, 0.6) is 0 Å². The topological polar surface area (TPSA) is 26.0 Å². The van der Waals surface area contributed by atoms with Crippen LogP contribution in [0.1, 0.15) is 35.9 Å². The van der Waals surface area contributed by atoms with Crippen LogP contribution in [0.2, 0.25) is 0 Å². The van der Waals surface area contributed by atoms with Gasteiger partial charge in [-0.2, -0.15) is 0 Å². The van der Waals surface area contributed by atoms with Gasteiger partial charge in [0, 0.05) is 16.3 Å². The van der Waals surface area contributed by atoms with E-state index in [4.69, 9.17) is 5.73 Å². The second kappa shape index (κ2) is 4.63. The van der Waals surface area contributed by atoms with E-state index in [0.717, 1.165) is 0 Å². The first-order valence-electron chi connectivity index (χ1n) is 5.88. The quantitative estimate of drug-likeness (QED) is 0.868. The number of hydrogen-bond donors (Lipinski definition) is 1.